The number of hydrogen-bond acceptors (Lipinski definition) is 1. The molecule has 0 spiro atoms. The number of hydrogen-bond donors (Lipinski definition) is 1. The molecule has 1 heterocycles. The molecule has 0 amide bonds. The first-order chi connectivity index (χ1) is 23.0. The third kappa shape index (κ3) is 9.76. The predicted molar refractivity (Wildman–Crippen MR) is 218 cm³/mol. The second-order valence-electron chi connectivity index (χ2n) is 17.0. The predicted octanol–water partition coefficient (Wildman–Crippen LogP) is 13.3. The SMILES string of the molecule is CC.CC(C)(C)c1ccc(C(C)(C)c2ccc(C(c3ccc(C(C)(C)c4ccc(C(C)(C)C)cc4)cc3)C3CCCN3)cc2)cc1.CCC. The van der Waals surface area contributed by atoms with Crippen molar-refractivity contribution in [2.45, 2.75) is 150 Å². The van der Waals surface area contributed by atoms with Crippen LogP contribution in [0.2, 0.25) is 0 Å². The zero-order valence-electron chi connectivity index (χ0n) is 33.7. The van der Waals surface area contributed by atoms with E-state index in [4.69, 9.17) is 0 Å². The lowest BCUT2D eigenvalue weighted by Crippen LogP contribution is -2.30. The van der Waals surface area contributed by atoms with Crippen LogP contribution in [0.3, 0.4) is 0 Å². The number of nitrogens with one attached hydrogen (secondary N) is 1. The van der Waals surface area contributed by atoms with Gasteiger partial charge in [0, 0.05) is 22.8 Å². The van der Waals surface area contributed by atoms with Gasteiger partial charge in [-0.3, -0.25) is 0 Å². The summed E-state index contributed by atoms with van der Waals surface area (Å²) >= 11 is 0. The maximum absolute atomic E-state index is 3.83. The Labute approximate surface area is 302 Å². The van der Waals surface area contributed by atoms with E-state index in [-0.39, 0.29) is 21.7 Å². The van der Waals surface area contributed by atoms with Crippen LogP contribution in [-0.4, -0.2) is 12.6 Å². The van der Waals surface area contributed by atoms with E-state index in [0.29, 0.717) is 12.0 Å². The highest BCUT2D eigenvalue weighted by atomic mass is 14.9. The molecule has 5 rings (SSSR count). The van der Waals surface area contributed by atoms with Gasteiger partial charge in [-0.1, -0.05) is 200 Å². The smallest absolute Gasteiger partial charge is 0.0243 e. The van der Waals surface area contributed by atoms with E-state index in [1.165, 1.54) is 63.8 Å². The molecule has 4 aromatic carbocycles. The molecule has 0 aliphatic carbocycles. The average molecular weight is 660 g/mol. The van der Waals surface area contributed by atoms with Gasteiger partial charge in [0.15, 0.2) is 0 Å². The first-order valence-corrected chi connectivity index (χ1v) is 19.2. The van der Waals surface area contributed by atoms with Gasteiger partial charge >= 0.3 is 0 Å². The van der Waals surface area contributed by atoms with E-state index in [0.717, 1.165) is 6.54 Å². The molecule has 1 aliphatic heterocycles. The van der Waals surface area contributed by atoms with E-state index in [1.807, 2.05) is 13.8 Å². The molecule has 1 nitrogen and oxygen atoms in total. The molecule has 1 fully saturated rings. The zero-order valence-corrected chi connectivity index (χ0v) is 33.7. The Morgan fingerprint density at radius 3 is 1.00 bits per heavy atom. The molecule has 1 aliphatic rings. The molecule has 266 valence electrons. The molecule has 0 aromatic heterocycles. The molecular weight excluding hydrogens is 591 g/mol. The molecule has 0 saturated carbocycles. The average Bonchev–Trinajstić information content (AvgIpc) is 3.60. The minimum absolute atomic E-state index is 0.0611. The molecule has 4 aromatic rings. The minimum Gasteiger partial charge on any atom is -0.313 e. The Hall–Kier alpha value is -3.16. The molecule has 0 bridgehead atoms. The van der Waals surface area contributed by atoms with Gasteiger partial charge in [-0.05, 0) is 74.7 Å². The number of benzene rings is 4. The van der Waals surface area contributed by atoms with Crippen molar-refractivity contribution in [3.63, 3.8) is 0 Å². The summed E-state index contributed by atoms with van der Waals surface area (Å²) in [7, 11) is 0. The second-order valence-corrected chi connectivity index (χ2v) is 17.0. The lowest BCUT2D eigenvalue weighted by molar-refractivity contribution is 0.539. The highest BCUT2D eigenvalue weighted by Crippen LogP contribution is 2.39. The summed E-state index contributed by atoms with van der Waals surface area (Å²) in [5.41, 5.74) is 11.2. The molecule has 1 N–H and O–H groups in total. The maximum atomic E-state index is 3.83. The van der Waals surface area contributed by atoms with E-state index in [2.05, 4.69) is 185 Å². The first kappa shape index (κ1) is 40.3. The Morgan fingerprint density at radius 2 is 0.755 bits per heavy atom. The largest absolute Gasteiger partial charge is 0.313 e. The lowest BCUT2D eigenvalue weighted by atomic mass is 9.75. The maximum Gasteiger partial charge on any atom is 0.0243 e. The minimum atomic E-state index is -0.0611. The Morgan fingerprint density at radius 1 is 0.490 bits per heavy atom. The summed E-state index contributed by atoms with van der Waals surface area (Å²) in [4.78, 5) is 0. The van der Waals surface area contributed by atoms with Gasteiger partial charge in [-0.2, -0.15) is 0 Å². The van der Waals surface area contributed by atoms with Crippen molar-refractivity contribution in [1.29, 1.82) is 0 Å². The van der Waals surface area contributed by atoms with Crippen LogP contribution < -0.4 is 5.32 Å². The van der Waals surface area contributed by atoms with Gasteiger partial charge in [0.05, 0.1) is 0 Å². The number of rotatable bonds is 7. The summed E-state index contributed by atoms with van der Waals surface area (Å²) in [6.07, 6.45) is 3.71. The third-order valence-corrected chi connectivity index (χ3v) is 10.4. The molecule has 1 atom stereocenters. The Balaban J connectivity index is 0.00000123. The van der Waals surface area contributed by atoms with Gasteiger partial charge in [-0.15, -0.1) is 0 Å². The van der Waals surface area contributed by atoms with Crippen LogP contribution in [0.25, 0.3) is 0 Å². The Kier molecular flexibility index (Phi) is 13.7. The van der Waals surface area contributed by atoms with Crippen molar-refractivity contribution in [2.75, 3.05) is 6.54 Å². The zero-order chi connectivity index (χ0) is 36.6. The quantitative estimate of drug-likeness (QED) is 0.208. The molecular formula is C48H69N. The van der Waals surface area contributed by atoms with Gasteiger partial charge in [0.2, 0.25) is 0 Å². The van der Waals surface area contributed by atoms with Crippen LogP contribution in [0.15, 0.2) is 97.1 Å². The van der Waals surface area contributed by atoms with Gasteiger partial charge in [0.1, 0.15) is 0 Å². The Bertz CT molecular complexity index is 1420. The van der Waals surface area contributed by atoms with E-state index in [1.54, 1.807) is 0 Å². The van der Waals surface area contributed by atoms with E-state index >= 15 is 0 Å². The van der Waals surface area contributed by atoms with Crippen LogP contribution in [0, 0.1) is 0 Å². The van der Waals surface area contributed by atoms with Crippen LogP contribution in [0.1, 0.15) is 167 Å². The van der Waals surface area contributed by atoms with Crippen LogP contribution in [0.4, 0.5) is 0 Å². The van der Waals surface area contributed by atoms with Crippen molar-refractivity contribution < 1.29 is 0 Å². The molecule has 1 saturated heterocycles. The monoisotopic (exact) mass is 660 g/mol. The normalized spacial score (nSPS) is 15.3. The fraction of sp³-hybridized carbons (Fsp3) is 0.500. The lowest BCUT2D eigenvalue weighted by Gasteiger charge is -2.30. The highest BCUT2D eigenvalue weighted by Gasteiger charge is 2.30. The van der Waals surface area contributed by atoms with Crippen molar-refractivity contribution in [2.24, 2.45) is 0 Å². The van der Waals surface area contributed by atoms with E-state index in [9.17, 15) is 0 Å². The molecule has 0 radical (unpaired) electrons. The summed E-state index contributed by atoms with van der Waals surface area (Å²) in [5, 5.41) is 3.83. The summed E-state index contributed by atoms with van der Waals surface area (Å²) in [6, 6.07) is 38.0. The fourth-order valence-electron chi connectivity index (χ4n) is 6.97. The van der Waals surface area contributed by atoms with Crippen molar-refractivity contribution in [3.8, 4) is 0 Å². The summed E-state index contributed by atoms with van der Waals surface area (Å²) < 4.78 is 0. The van der Waals surface area contributed by atoms with Crippen LogP contribution >= 0.6 is 0 Å². The molecule has 1 unspecified atom stereocenters. The topological polar surface area (TPSA) is 12.0 Å². The van der Waals surface area contributed by atoms with Crippen molar-refractivity contribution >= 4 is 0 Å². The highest BCUT2D eigenvalue weighted by molar-refractivity contribution is 5.45. The second kappa shape index (κ2) is 16.7. The van der Waals surface area contributed by atoms with Gasteiger partial charge in [-0.25, -0.2) is 0 Å². The first-order valence-electron chi connectivity index (χ1n) is 19.2. The fourth-order valence-corrected chi connectivity index (χ4v) is 6.97. The van der Waals surface area contributed by atoms with Crippen molar-refractivity contribution in [1.82, 2.24) is 5.32 Å². The summed E-state index contributed by atoms with van der Waals surface area (Å²) in [5.74, 6) is 0.337. The third-order valence-electron chi connectivity index (χ3n) is 10.4. The van der Waals surface area contributed by atoms with Gasteiger partial charge < -0.3 is 5.32 Å². The van der Waals surface area contributed by atoms with Crippen LogP contribution in [-0.2, 0) is 21.7 Å². The standard InChI is InChI=1S/C43H55N.C3H8.C2H6/c1-40(2,3)32-21-25-36(26-22-32)42(7,8)34-17-13-30(14-18-34)39(38-12-11-29-44-38)31-15-19-35(20-16-31)43(9,10)37-27-23-33(24-28-37)41(4,5)6;1-3-2;1-2/h13-28,38-39,44H,11-12,29H2,1-10H3;3H2,1-2H3;1-2H3. The van der Waals surface area contributed by atoms with Gasteiger partial charge in [0.25, 0.3) is 0 Å². The van der Waals surface area contributed by atoms with Crippen LogP contribution in [0.5, 0.6) is 0 Å². The van der Waals surface area contributed by atoms with Crippen molar-refractivity contribution in [3.05, 3.63) is 142 Å². The molecule has 1 heteroatoms. The summed E-state index contributed by atoms with van der Waals surface area (Å²) in [6.45, 7) is 32.4. The van der Waals surface area contributed by atoms with E-state index < -0.39 is 0 Å². The molecule has 49 heavy (non-hydrogen) atoms.